The van der Waals surface area contributed by atoms with Gasteiger partial charge in [-0.2, -0.15) is 11.8 Å². The highest BCUT2D eigenvalue weighted by Crippen LogP contribution is 2.05. The number of carbonyl (C=O) groups is 2. The van der Waals surface area contributed by atoms with Crippen LogP contribution in [0.3, 0.4) is 0 Å². The van der Waals surface area contributed by atoms with Gasteiger partial charge in [0.25, 0.3) is 0 Å². The van der Waals surface area contributed by atoms with Gasteiger partial charge in [0, 0.05) is 18.3 Å². The average molecular weight is 299 g/mol. The summed E-state index contributed by atoms with van der Waals surface area (Å²) >= 11 is 1.57. The Morgan fingerprint density at radius 2 is 2.35 bits per heavy atom. The van der Waals surface area contributed by atoms with Gasteiger partial charge in [-0.15, -0.1) is 0 Å². The normalized spacial score (nSPS) is 11.9. The summed E-state index contributed by atoms with van der Waals surface area (Å²) in [7, 11) is 1.31. The molecule has 1 amide bonds. The molecule has 0 bridgehead atoms. The minimum absolute atomic E-state index is 0.152. The van der Waals surface area contributed by atoms with E-state index in [0.29, 0.717) is 12.2 Å². The number of ether oxygens (including phenoxy) is 1. The van der Waals surface area contributed by atoms with Crippen LogP contribution in [0, 0.1) is 0 Å². The number of hydrogen-bond donors (Lipinski definition) is 2. The van der Waals surface area contributed by atoms with Crippen molar-refractivity contribution in [1.29, 1.82) is 0 Å². The minimum Gasteiger partial charge on any atom is -0.467 e. The Morgan fingerprint density at radius 3 is 2.95 bits per heavy atom. The maximum absolute atomic E-state index is 11.8. The molecule has 0 aliphatic carbocycles. The lowest BCUT2D eigenvalue weighted by molar-refractivity contribution is -0.144. The van der Waals surface area contributed by atoms with E-state index in [-0.39, 0.29) is 5.91 Å². The van der Waals surface area contributed by atoms with Crippen LogP contribution in [0.4, 0.5) is 0 Å². The fraction of sp³-hybridized carbons (Fsp3) is 0.615. The largest absolute Gasteiger partial charge is 0.467 e. The topological polar surface area (TPSA) is 84.1 Å². The fourth-order valence-corrected chi connectivity index (χ4v) is 2.50. The molecule has 1 aromatic rings. The molecule has 1 atom stereocenters. The number of aromatic amines is 1. The van der Waals surface area contributed by atoms with Gasteiger partial charge in [0.15, 0.2) is 0 Å². The molecule has 0 saturated carbocycles. The Balaban J connectivity index is 2.43. The number of nitrogens with zero attached hydrogens (tertiary/aromatic N) is 1. The lowest BCUT2D eigenvalue weighted by Gasteiger charge is -2.15. The number of esters is 1. The highest BCUT2D eigenvalue weighted by molar-refractivity contribution is 7.99. The molecule has 1 heterocycles. The van der Waals surface area contributed by atoms with E-state index in [2.05, 4.69) is 22.2 Å². The van der Waals surface area contributed by atoms with Crippen molar-refractivity contribution in [1.82, 2.24) is 15.3 Å². The zero-order chi connectivity index (χ0) is 14.8. The Kier molecular flexibility index (Phi) is 7.79. The number of imidazole rings is 1. The van der Waals surface area contributed by atoms with Crippen LogP contribution in [0.25, 0.3) is 0 Å². The van der Waals surface area contributed by atoms with Gasteiger partial charge in [-0.05, 0) is 12.2 Å². The molecule has 0 spiro atoms. The summed E-state index contributed by atoms with van der Waals surface area (Å²) in [4.78, 5) is 30.3. The van der Waals surface area contributed by atoms with Crippen molar-refractivity contribution in [2.75, 3.05) is 18.6 Å². The Bertz CT molecular complexity index is 409. The first-order chi connectivity index (χ1) is 9.67. The summed E-state index contributed by atoms with van der Waals surface area (Å²) in [5.74, 6) is 0.705. The summed E-state index contributed by atoms with van der Waals surface area (Å²) in [6, 6.07) is -0.681. The third-order valence-corrected chi connectivity index (χ3v) is 3.72. The molecular formula is C13H21N3O3S. The fourth-order valence-electron chi connectivity index (χ4n) is 1.60. The van der Waals surface area contributed by atoms with E-state index in [1.165, 1.54) is 13.4 Å². The second kappa shape index (κ2) is 9.41. The number of rotatable bonds is 9. The SMILES string of the molecule is CCCCSCC(=O)N[C@@H](Cc1cnc[nH]1)C(=O)OC. The number of unbranched alkanes of at least 4 members (excludes halogenated alkanes) is 1. The van der Waals surface area contributed by atoms with Gasteiger partial charge in [0.05, 0.1) is 19.2 Å². The average Bonchev–Trinajstić information content (AvgIpc) is 2.95. The maximum Gasteiger partial charge on any atom is 0.328 e. The van der Waals surface area contributed by atoms with Gasteiger partial charge in [0.2, 0.25) is 5.91 Å². The van der Waals surface area contributed by atoms with Crippen LogP contribution in [-0.4, -0.2) is 46.5 Å². The number of aromatic nitrogens is 2. The molecule has 7 heteroatoms. The molecule has 2 N–H and O–H groups in total. The molecular weight excluding hydrogens is 278 g/mol. The zero-order valence-corrected chi connectivity index (χ0v) is 12.7. The van der Waals surface area contributed by atoms with Crippen LogP contribution < -0.4 is 5.32 Å². The molecule has 0 unspecified atom stereocenters. The van der Waals surface area contributed by atoms with Gasteiger partial charge < -0.3 is 15.0 Å². The molecule has 1 rings (SSSR count). The van der Waals surface area contributed by atoms with E-state index in [1.807, 2.05) is 0 Å². The third-order valence-electron chi connectivity index (χ3n) is 2.68. The number of nitrogens with one attached hydrogen (secondary N) is 2. The number of carbonyl (C=O) groups excluding carboxylic acids is 2. The summed E-state index contributed by atoms with van der Waals surface area (Å²) in [6.07, 6.45) is 5.70. The first-order valence-corrected chi connectivity index (χ1v) is 7.75. The third kappa shape index (κ3) is 6.10. The summed E-state index contributed by atoms with van der Waals surface area (Å²) in [6.45, 7) is 2.11. The van der Waals surface area contributed by atoms with Crippen LogP contribution in [0.1, 0.15) is 25.5 Å². The molecule has 1 aromatic heterocycles. The Labute approximate surface area is 123 Å². The number of hydrogen-bond acceptors (Lipinski definition) is 5. The second-order valence-corrected chi connectivity index (χ2v) is 5.44. The quantitative estimate of drug-likeness (QED) is 0.528. The van der Waals surface area contributed by atoms with E-state index in [4.69, 9.17) is 4.74 Å². The molecule has 0 radical (unpaired) electrons. The van der Waals surface area contributed by atoms with E-state index in [0.717, 1.165) is 24.3 Å². The van der Waals surface area contributed by atoms with Crippen molar-refractivity contribution >= 4 is 23.6 Å². The predicted octanol–water partition coefficient (Wildman–Crippen LogP) is 1.14. The van der Waals surface area contributed by atoms with Crippen LogP contribution in [0.2, 0.25) is 0 Å². The van der Waals surface area contributed by atoms with E-state index < -0.39 is 12.0 Å². The monoisotopic (exact) mass is 299 g/mol. The van der Waals surface area contributed by atoms with E-state index >= 15 is 0 Å². The standard InChI is InChI=1S/C13H21N3O3S/c1-3-4-5-20-8-12(17)16-11(13(18)19-2)6-10-7-14-9-15-10/h7,9,11H,3-6,8H2,1-2H3,(H,14,15)(H,16,17)/t11-/m0/s1. The second-order valence-electron chi connectivity index (χ2n) is 4.33. The van der Waals surface area contributed by atoms with Crippen LogP contribution in [0.5, 0.6) is 0 Å². The Morgan fingerprint density at radius 1 is 1.55 bits per heavy atom. The lowest BCUT2D eigenvalue weighted by atomic mass is 10.1. The maximum atomic E-state index is 11.8. The number of amides is 1. The Hall–Kier alpha value is -1.50. The smallest absolute Gasteiger partial charge is 0.328 e. The van der Waals surface area contributed by atoms with Crippen molar-refractivity contribution in [2.24, 2.45) is 0 Å². The summed E-state index contributed by atoms with van der Waals surface area (Å²) in [5, 5.41) is 2.70. The number of methoxy groups -OCH3 is 1. The van der Waals surface area contributed by atoms with Crippen molar-refractivity contribution in [3.63, 3.8) is 0 Å². The number of H-pyrrole nitrogens is 1. The van der Waals surface area contributed by atoms with Crippen molar-refractivity contribution in [3.8, 4) is 0 Å². The molecule has 6 nitrogen and oxygen atoms in total. The predicted molar refractivity (Wildman–Crippen MR) is 78.5 cm³/mol. The molecule has 0 aliphatic rings. The molecule has 0 saturated heterocycles. The van der Waals surface area contributed by atoms with Gasteiger partial charge in [0.1, 0.15) is 6.04 Å². The summed E-state index contributed by atoms with van der Waals surface area (Å²) in [5.41, 5.74) is 0.777. The molecule has 0 aromatic carbocycles. The van der Waals surface area contributed by atoms with E-state index in [1.54, 1.807) is 18.0 Å². The molecule has 0 fully saturated rings. The van der Waals surface area contributed by atoms with Crippen molar-refractivity contribution in [2.45, 2.75) is 32.2 Å². The van der Waals surface area contributed by atoms with Crippen molar-refractivity contribution in [3.05, 3.63) is 18.2 Å². The van der Waals surface area contributed by atoms with Gasteiger partial charge in [-0.25, -0.2) is 9.78 Å². The lowest BCUT2D eigenvalue weighted by Crippen LogP contribution is -2.43. The van der Waals surface area contributed by atoms with Crippen LogP contribution in [0.15, 0.2) is 12.5 Å². The molecule has 112 valence electrons. The first kappa shape index (κ1) is 16.6. The minimum atomic E-state index is -0.681. The number of thioether (sulfide) groups is 1. The first-order valence-electron chi connectivity index (χ1n) is 6.59. The van der Waals surface area contributed by atoms with Crippen LogP contribution >= 0.6 is 11.8 Å². The summed E-state index contributed by atoms with van der Waals surface area (Å²) < 4.78 is 4.71. The highest BCUT2D eigenvalue weighted by atomic mass is 32.2. The van der Waals surface area contributed by atoms with Crippen LogP contribution in [-0.2, 0) is 20.7 Å². The van der Waals surface area contributed by atoms with Gasteiger partial charge in [-0.3, -0.25) is 4.79 Å². The van der Waals surface area contributed by atoms with Crippen molar-refractivity contribution < 1.29 is 14.3 Å². The molecule has 0 aliphatic heterocycles. The van der Waals surface area contributed by atoms with E-state index in [9.17, 15) is 9.59 Å². The highest BCUT2D eigenvalue weighted by Gasteiger charge is 2.22. The van der Waals surface area contributed by atoms with Gasteiger partial charge >= 0.3 is 5.97 Å². The zero-order valence-electron chi connectivity index (χ0n) is 11.8. The molecule has 20 heavy (non-hydrogen) atoms. The van der Waals surface area contributed by atoms with Gasteiger partial charge in [-0.1, -0.05) is 13.3 Å².